The average Bonchev–Trinajstić information content (AvgIpc) is 3.49. The molecule has 3 aliphatic rings. The lowest BCUT2D eigenvalue weighted by atomic mass is 9.90. The summed E-state index contributed by atoms with van der Waals surface area (Å²) in [6, 6.07) is 4.15. The molecule has 1 heterocycles. The number of likely N-dealkylation sites (tertiary alicyclic amines) is 1. The molecule has 1 spiro atoms. The van der Waals surface area contributed by atoms with Crippen LogP contribution in [-0.2, 0) is 21.2 Å². The van der Waals surface area contributed by atoms with Gasteiger partial charge in [-0.1, -0.05) is 35.9 Å². The number of benzene rings is 1. The van der Waals surface area contributed by atoms with Gasteiger partial charge < -0.3 is 10.0 Å². The van der Waals surface area contributed by atoms with Crippen LogP contribution in [0.5, 0.6) is 0 Å². The van der Waals surface area contributed by atoms with E-state index in [0.717, 1.165) is 31.3 Å². The van der Waals surface area contributed by atoms with Crippen LogP contribution in [0.25, 0.3) is 5.57 Å². The van der Waals surface area contributed by atoms with E-state index in [2.05, 4.69) is 4.72 Å². The number of hydrogen-bond acceptors (Lipinski definition) is 4. The van der Waals surface area contributed by atoms with Gasteiger partial charge in [0.1, 0.15) is 19.3 Å². The van der Waals surface area contributed by atoms with Gasteiger partial charge in [-0.25, -0.2) is 17.5 Å². The Balaban J connectivity index is 1.72. The lowest BCUT2D eigenvalue weighted by Gasteiger charge is -2.33. The highest BCUT2D eigenvalue weighted by atomic mass is 32.2. The van der Waals surface area contributed by atoms with Crippen molar-refractivity contribution in [2.24, 2.45) is 5.41 Å². The molecule has 1 aromatic carbocycles. The van der Waals surface area contributed by atoms with Crippen molar-refractivity contribution in [1.29, 1.82) is 0 Å². The summed E-state index contributed by atoms with van der Waals surface area (Å²) in [5, 5.41) is 10.5. The van der Waals surface area contributed by atoms with Crippen molar-refractivity contribution in [2.45, 2.75) is 70.6 Å². The molecular weight excluding hydrogens is 454 g/mol. The second kappa shape index (κ2) is 8.92. The summed E-state index contributed by atoms with van der Waals surface area (Å²) in [5.74, 6) is -0.809. The number of nitrogens with one attached hydrogen (secondary N) is 1. The first-order valence-electron chi connectivity index (χ1n) is 12.1. The molecule has 9 heteroatoms. The van der Waals surface area contributed by atoms with Gasteiger partial charge in [-0.15, -0.1) is 0 Å². The number of hydrogen-bond donors (Lipinski definition) is 2. The lowest BCUT2D eigenvalue weighted by Crippen LogP contribution is -2.53. The second-order valence-corrected chi connectivity index (χ2v) is 12.6. The SMILES string of the molecule is BCS(=O)(=O)NC1C(Cc2cccc(C3=CCCC(C)=C3)c2F)N(C(=O)C(C)(C)O)CC12CC2. The maximum Gasteiger partial charge on any atom is 0.254 e. The summed E-state index contributed by atoms with van der Waals surface area (Å²) in [7, 11) is -1.97. The molecular formula is C25H34BFN2O4S. The predicted octanol–water partition coefficient (Wildman–Crippen LogP) is 2.13. The molecule has 0 bridgehead atoms. The summed E-state index contributed by atoms with van der Waals surface area (Å²) in [4.78, 5) is 14.8. The van der Waals surface area contributed by atoms with E-state index in [-0.39, 0.29) is 23.3 Å². The number of sulfonamides is 1. The Bertz CT molecular complexity index is 1150. The maximum atomic E-state index is 15.8. The van der Waals surface area contributed by atoms with Gasteiger partial charge in [-0.2, -0.15) is 0 Å². The molecule has 2 fully saturated rings. The third-order valence-corrected chi connectivity index (χ3v) is 8.79. The van der Waals surface area contributed by atoms with Crippen LogP contribution in [0.2, 0.25) is 0 Å². The summed E-state index contributed by atoms with van der Waals surface area (Å²) in [6.45, 7) is 5.25. The fourth-order valence-corrected chi connectivity index (χ4v) is 6.24. The number of carbonyl (C=O) groups excluding carboxylic acids is 1. The Hall–Kier alpha value is -1.97. The molecule has 1 saturated carbocycles. The summed E-state index contributed by atoms with van der Waals surface area (Å²) in [5.41, 5.74) is 0.949. The highest BCUT2D eigenvalue weighted by Crippen LogP contribution is 2.56. The van der Waals surface area contributed by atoms with Gasteiger partial charge >= 0.3 is 0 Å². The number of halogens is 1. The number of aliphatic hydroxyl groups is 1. The third kappa shape index (κ3) is 4.88. The normalized spacial score (nSPS) is 24.2. The number of allylic oxidation sites excluding steroid dienone is 4. The van der Waals surface area contributed by atoms with Gasteiger partial charge in [0.25, 0.3) is 5.91 Å². The molecule has 0 radical (unpaired) electrons. The zero-order valence-electron chi connectivity index (χ0n) is 20.4. The molecule has 0 aromatic heterocycles. The second-order valence-electron chi connectivity index (χ2n) is 10.6. The van der Waals surface area contributed by atoms with E-state index < -0.39 is 33.6 Å². The first kappa shape index (κ1) is 25.1. The van der Waals surface area contributed by atoms with Crippen LogP contribution in [0.15, 0.2) is 35.9 Å². The standard InChI is InChI=1S/C25H34BFN2O4S/c1-16-6-4-7-17(12-16)19-9-5-8-18(21(19)27)13-20-22(28-34(32,33)15-26)25(10-11-25)14-29(20)23(30)24(2,3)31/h5,7-9,12,20,22,28,31H,4,6,10-11,13-15,26H2,1-3H3. The van der Waals surface area contributed by atoms with Crippen LogP contribution in [0.3, 0.4) is 0 Å². The molecule has 2 unspecified atom stereocenters. The summed E-state index contributed by atoms with van der Waals surface area (Å²) < 4.78 is 43.7. The Morgan fingerprint density at radius 2 is 2.06 bits per heavy atom. The van der Waals surface area contributed by atoms with Gasteiger partial charge in [0.15, 0.2) is 0 Å². The summed E-state index contributed by atoms with van der Waals surface area (Å²) in [6.07, 6.45) is 7.60. The van der Waals surface area contributed by atoms with Crippen LogP contribution >= 0.6 is 0 Å². The van der Waals surface area contributed by atoms with Crippen molar-refractivity contribution < 1.29 is 22.7 Å². The van der Waals surface area contributed by atoms with Crippen molar-refractivity contribution >= 4 is 29.3 Å². The largest absolute Gasteiger partial charge is 0.381 e. The third-order valence-electron chi connectivity index (χ3n) is 7.42. The number of carbonyl (C=O) groups is 1. The van der Waals surface area contributed by atoms with Gasteiger partial charge in [0, 0.05) is 29.2 Å². The fourth-order valence-electron chi connectivity index (χ4n) is 5.28. The Morgan fingerprint density at radius 1 is 1.35 bits per heavy atom. The molecule has 2 aliphatic carbocycles. The van der Waals surface area contributed by atoms with Crippen molar-refractivity contribution in [2.75, 3.05) is 12.2 Å². The maximum absolute atomic E-state index is 15.8. The molecule has 6 nitrogen and oxygen atoms in total. The van der Waals surface area contributed by atoms with Crippen molar-refractivity contribution in [3.8, 4) is 0 Å². The Morgan fingerprint density at radius 3 is 2.65 bits per heavy atom. The quantitative estimate of drug-likeness (QED) is 0.576. The van der Waals surface area contributed by atoms with Crippen molar-refractivity contribution in [3.63, 3.8) is 0 Å². The van der Waals surface area contributed by atoms with Crippen LogP contribution in [0.4, 0.5) is 4.39 Å². The van der Waals surface area contributed by atoms with Gasteiger partial charge in [0.05, 0.1) is 6.04 Å². The van der Waals surface area contributed by atoms with E-state index >= 15 is 4.39 Å². The van der Waals surface area contributed by atoms with Gasteiger partial charge in [-0.05, 0) is 64.0 Å². The van der Waals surface area contributed by atoms with Gasteiger partial charge in [0.2, 0.25) is 10.0 Å². The fraction of sp³-hybridized carbons (Fsp3) is 0.560. The smallest absolute Gasteiger partial charge is 0.254 e. The molecule has 1 aromatic rings. The van der Waals surface area contributed by atoms with E-state index in [1.165, 1.54) is 19.4 Å². The first-order valence-corrected chi connectivity index (χ1v) is 13.7. The summed E-state index contributed by atoms with van der Waals surface area (Å²) >= 11 is 0. The monoisotopic (exact) mass is 488 g/mol. The molecule has 1 saturated heterocycles. The molecule has 34 heavy (non-hydrogen) atoms. The molecule has 184 valence electrons. The number of rotatable bonds is 7. The first-order chi connectivity index (χ1) is 15.9. The number of amides is 1. The zero-order valence-corrected chi connectivity index (χ0v) is 21.2. The Labute approximate surface area is 202 Å². The molecule has 1 aliphatic heterocycles. The number of nitrogens with zero attached hydrogens (tertiary/aromatic N) is 1. The van der Waals surface area contributed by atoms with E-state index in [9.17, 15) is 18.3 Å². The van der Waals surface area contributed by atoms with Crippen LogP contribution in [0, 0.1) is 11.2 Å². The van der Waals surface area contributed by atoms with Crippen LogP contribution in [-0.4, -0.2) is 62.1 Å². The lowest BCUT2D eigenvalue weighted by molar-refractivity contribution is -0.149. The molecule has 1 amide bonds. The van der Waals surface area contributed by atoms with Gasteiger partial charge in [-0.3, -0.25) is 4.79 Å². The predicted molar refractivity (Wildman–Crippen MR) is 134 cm³/mol. The Kier molecular flexibility index (Phi) is 6.59. The average molecular weight is 488 g/mol. The highest BCUT2D eigenvalue weighted by Gasteiger charge is 2.62. The minimum absolute atomic E-state index is 0.0740. The topological polar surface area (TPSA) is 86.7 Å². The van der Waals surface area contributed by atoms with E-state index in [1.807, 2.05) is 25.1 Å². The molecule has 2 atom stereocenters. The zero-order chi connectivity index (χ0) is 24.9. The van der Waals surface area contributed by atoms with Crippen LogP contribution < -0.4 is 4.72 Å². The highest BCUT2D eigenvalue weighted by molar-refractivity contribution is 7.90. The minimum atomic E-state index is -3.55. The van der Waals surface area contributed by atoms with E-state index in [4.69, 9.17) is 0 Å². The minimum Gasteiger partial charge on any atom is -0.381 e. The molecule has 2 N–H and O–H groups in total. The van der Waals surface area contributed by atoms with Crippen molar-refractivity contribution in [1.82, 2.24) is 9.62 Å². The van der Waals surface area contributed by atoms with E-state index in [1.54, 1.807) is 24.9 Å². The van der Waals surface area contributed by atoms with E-state index in [0.29, 0.717) is 17.7 Å². The van der Waals surface area contributed by atoms with Crippen molar-refractivity contribution in [3.05, 3.63) is 52.9 Å². The molecule has 4 rings (SSSR count). The van der Waals surface area contributed by atoms with Crippen LogP contribution in [0.1, 0.15) is 57.6 Å².